The number of aliphatic hydroxyl groups excluding tert-OH is 1. The molecule has 2 heterocycles. The van der Waals surface area contributed by atoms with Crippen LogP contribution in [0.2, 0.25) is 6.32 Å². The van der Waals surface area contributed by atoms with Crippen LogP contribution in [0, 0.1) is 0 Å². The predicted octanol–water partition coefficient (Wildman–Crippen LogP) is -1.77. The van der Waals surface area contributed by atoms with Crippen molar-refractivity contribution in [3.63, 3.8) is 0 Å². The summed E-state index contributed by atoms with van der Waals surface area (Å²) in [4.78, 5) is 30.1. The Morgan fingerprint density at radius 2 is 2.17 bits per heavy atom. The Morgan fingerprint density at radius 3 is 2.86 bits per heavy atom. The number of hydrogen-bond donors (Lipinski definition) is 5. The van der Waals surface area contributed by atoms with Crippen LogP contribution in [0.15, 0.2) is 12.1 Å². The number of ether oxygens (including phenoxy) is 1. The second-order valence-electron chi connectivity index (χ2n) is 6.95. The molecule has 0 aliphatic carbocycles. The minimum atomic E-state index is -1.19. The molecule has 3 rings (SSSR count). The number of carboxylic acids is 1. The highest BCUT2D eigenvalue weighted by molar-refractivity contribution is 6.44. The quantitative estimate of drug-likeness (QED) is 0.179. The molecule has 2 aliphatic rings. The number of benzene rings is 1. The average Bonchev–Trinajstić information content (AvgIpc) is 2.65. The molecule has 1 fully saturated rings. The number of aromatic carboxylic acids is 1. The van der Waals surface area contributed by atoms with Crippen molar-refractivity contribution in [2.75, 3.05) is 32.8 Å². The minimum absolute atomic E-state index is 0.0223. The molecule has 0 radical (unpaired) electrons. The first-order valence-corrected chi connectivity index (χ1v) is 9.30. The first-order chi connectivity index (χ1) is 13.9. The van der Waals surface area contributed by atoms with Crippen LogP contribution in [0.5, 0.6) is 11.5 Å². The third-order valence-electron chi connectivity index (χ3n) is 4.70. The SMILES string of the molecule is NC(CN1CC(Oc2ccc3c(c2C(=O)O)OB(O)CC3)C1)C(=O)NOCCO. The number of likely N-dealkylation sites (tertiary alicyclic amines) is 1. The third kappa shape index (κ3) is 5.16. The van der Waals surface area contributed by atoms with E-state index in [1.165, 1.54) is 0 Å². The molecule has 11 nitrogen and oxygen atoms in total. The van der Waals surface area contributed by atoms with E-state index in [1.807, 2.05) is 4.90 Å². The maximum absolute atomic E-state index is 11.7. The summed E-state index contributed by atoms with van der Waals surface area (Å²) in [7, 11) is -1.04. The van der Waals surface area contributed by atoms with Gasteiger partial charge in [0.15, 0.2) is 0 Å². The van der Waals surface area contributed by atoms with Gasteiger partial charge in [0.2, 0.25) is 0 Å². The van der Waals surface area contributed by atoms with Crippen molar-refractivity contribution >= 4 is 19.0 Å². The van der Waals surface area contributed by atoms with E-state index in [0.29, 0.717) is 25.8 Å². The number of nitrogens with one attached hydrogen (secondary N) is 1. The van der Waals surface area contributed by atoms with Crippen LogP contribution in [0.25, 0.3) is 0 Å². The Morgan fingerprint density at radius 1 is 1.41 bits per heavy atom. The molecule has 29 heavy (non-hydrogen) atoms. The molecular weight excluding hydrogens is 385 g/mol. The smallest absolute Gasteiger partial charge is 0.522 e. The fourth-order valence-electron chi connectivity index (χ4n) is 3.24. The second kappa shape index (κ2) is 9.42. The van der Waals surface area contributed by atoms with Crippen LogP contribution in [0.4, 0.5) is 0 Å². The lowest BCUT2D eigenvalue weighted by atomic mass is 9.78. The molecule has 1 saturated heterocycles. The van der Waals surface area contributed by atoms with Gasteiger partial charge >= 0.3 is 13.1 Å². The molecule has 0 aromatic heterocycles. The van der Waals surface area contributed by atoms with Gasteiger partial charge in [0.05, 0.1) is 19.3 Å². The highest BCUT2D eigenvalue weighted by Crippen LogP contribution is 2.37. The van der Waals surface area contributed by atoms with Crippen LogP contribution in [0.3, 0.4) is 0 Å². The molecule has 0 spiro atoms. The lowest BCUT2D eigenvalue weighted by Gasteiger charge is -2.40. The van der Waals surface area contributed by atoms with Crippen molar-refractivity contribution in [1.82, 2.24) is 10.4 Å². The Hall–Kier alpha value is -2.38. The lowest BCUT2D eigenvalue weighted by Crippen LogP contribution is -2.59. The zero-order chi connectivity index (χ0) is 21.0. The van der Waals surface area contributed by atoms with Crippen LogP contribution >= 0.6 is 0 Å². The van der Waals surface area contributed by atoms with Gasteiger partial charge < -0.3 is 30.4 Å². The first kappa shape index (κ1) is 21.3. The van der Waals surface area contributed by atoms with Gasteiger partial charge in [0.1, 0.15) is 23.2 Å². The molecule has 1 unspecified atom stereocenters. The Kier molecular flexibility index (Phi) is 6.93. The standard InChI is InChI=1S/C17H24BN3O8/c19-12(16(23)20-27-6-5-22)9-21-7-11(8-21)28-13-2-1-10-3-4-18(26)29-15(10)14(13)17(24)25/h1-2,11-12,22,26H,3-9,19H2,(H,20,23)(H,24,25). The molecule has 6 N–H and O–H groups in total. The van der Waals surface area contributed by atoms with Crippen LogP contribution in [-0.4, -0.2) is 84.1 Å². The van der Waals surface area contributed by atoms with Crippen molar-refractivity contribution < 1.29 is 39.1 Å². The second-order valence-corrected chi connectivity index (χ2v) is 6.95. The number of hydroxylamine groups is 1. The molecule has 158 valence electrons. The fourth-order valence-corrected chi connectivity index (χ4v) is 3.24. The highest BCUT2D eigenvalue weighted by Gasteiger charge is 2.34. The van der Waals surface area contributed by atoms with Crippen molar-refractivity contribution in [3.05, 3.63) is 23.3 Å². The van der Waals surface area contributed by atoms with E-state index in [2.05, 4.69) is 5.48 Å². The summed E-state index contributed by atoms with van der Waals surface area (Å²) in [5, 5.41) is 27.9. The van der Waals surface area contributed by atoms with Gasteiger partial charge in [-0.15, -0.1) is 0 Å². The molecular formula is C17H24BN3O8. The van der Waals surface area contributed by atoms with E-state index in [9.17, 15) is 19.7 Å². The number of aliphatic hydroxyl groups is 1. The normalized spacial score (nSPS) is 17.7. The molecule has 0 bridgehead atoms. The average molecular weight is 409 g/mol. The van der Waals surface area contributed by atoms with Gasteiger partial charge in [-0.3, -0.25) is 14.5 Å². The summed E-state index contributed by atoms with van der Waals surface area (Å²) >= 11 is 0. The summed E-state index contributed by atoms with van der Waals surface area (Å²) in [5.74, 6) is -1.37. The van der Waals surface area contributed by atoms with E-state index in [-0.39, 0.29) is 42.9 Å². The Bertz CT molecular complexity index is 758. The number of carboxylic acid groups (broad SMARTS) is 1. The van der Waals surface area contributed by atoms with E-state index in [0.717, 1.165) is 5.56 Å². The number of nitrogens with two attached hydrogens (primary N) is 1. The van der Waals surface area contributed by atoms with E-state index >= 15 is 0 Å². The van der Waals surface area contributed by atoms with Gasteiger partial charge in [-0.25, -0.2) is 10.3 Å². The first-order valence-electron chi connectivity index (χ1n) is 9.30. The Labute approximate surface area is 167 Å². The number of carbonyl (C=O) groups is 2. The summed E-state index contributed by atoms with van der Waals surface area (Å²) in [6, 6.07) is 2.53. The predicted molar refractivity (Wildman–Crippen MR) is 101 cm³/mol. The summed E-state index contributed by atoms with van der Waals surface area (Å²) in [6.07, 6.45) is 0.666. The molecule has 1 aromatic carbocycles. The largest absolute Gasteiger partial charge is 0.535 e. The van der Waals surface area contributed by atoms with Gasteiger partial charge in [-0.2, -0.15) is 0 Å². The summed E-state index contributed by atoms with van der Waals surface area (Å²) in [6.45, 7) is 0.979. The Balaban J connectivity index is 1.54. The van der Waals surface area contributed by atoms with Gasteiger partial charge in [-0.1, -0.05) is 6.07 Å². The number of amides is 1. The maximum Gasteiger partial charge on any atom is 0.522 e. The number of fused-ring (bicyclic) bond motifs is 1. The molecule has 1 atom stereocenters. The van der Waals surface area contributed by atoms with E-state index in [4.69, 9.17) is 25.1 Å². The topological polar surface area (TPSA) is 164 Å². The number of hydrogen-bond acceptors (Lipinski definition) is 9. The fraction of sp³-hybridized carbons (Fsp3) is 0.529. The zero-order valence-corrected chi connectivity index (χ0v) is 15.7. The third-order valence-corrected chi connectivity index (χ3v) is 4.70. The number of nitrogens with zero attached hydrogens (tertiary/aromatic N) is 1. The molecule has 0 saturated carbocycles. The van der Waals surface area contributed by atoms with Crippen molar-refractivity contribution in [3.8, 4) is 11.5 Å². The van der Waals surface area contributed by atoms with Crippen LogP contribution in [-0.2, 0) is 16.1 Å². The van der Waals surface area contributed by atoms with Crippen LogP contribution < -0.4 is 20.6 Å². The number of aryl methyl sites for hydroxylation is 1. The molecule has 1 aromatic rings. The zero-order valence-electron chi connectivity index (χ0n) is 15.7. The summed E-state index contributed by atoms with van der Waals surface area (Å²) < 4.78 is 11.2. The molecule has 12 heteroatoms. The van der Waals surface area contributed by atoms with E-state index in [1.54, 1.807) is 12.1 Å². The van der Waals surface area contributed by atoms with Gasteiger partial charge in [0, 0.05) is 19.6 Å². The minimum Gasteiger partial charge on any atom is -0.535 e. The monoisotopic (exact) mass is 409 g/mol. The van der Waals surface area contributed by atoms with Crippen LogP contribution in [0.1, 0.15) is 15.9 Å². The van der Waals surface area contributed by atoms with E-state index < -0.39 is 25.0 Å². The van der Waals surface area contributed by atoms with Crippen molar-refractivity contribution in [1.29, 1.82) is 0 Å². The highest BCUT2D eigenvalue weighted by atomic mass is 16.7. The number of carbonyl (C=O) groups excluding carboxylic acids is 1. The summed E-state index contributed by atoms with van der Waals surface area (Å²) in [5.41, 5.74) is 8.58. The number of rotatable bonds is 9. The lowest BCUT2D eigenvalue weighted by molar-refractivity contribution is -0.136. The van der Waals surface area contributed by atoms with Crippen molar-refractivity contribution in [2.45, 2.75) is 24.9 Å². The van der Waals surface area contributed by atoms with Gasteiger partial charge in [-0.05, 0) is 24.4 Å². The van der Waals surface area contributed by atoms with Gasteiger partial charge in [0.25, 0.3) is 5.91 Å². The maximum atomic E-state index is 11.7. The van der Waals surface area contributed by atoms with Crippen molar-refractivity contribution in [2.24, 2.45) is 5.73 Å². The molecule has 2 aliphatic heterocycles. The molecule has 1 amide bonds.